The molecule has 1 heterocycles. The highest BCUT2D eigenvalue weighted by atomic mass is 16.4. The van der Waals surface area contributed by atoms with E-state index in [0.29, 0.717) is 12.5 Å². The van der Waals surface area contributed by atoms with Crippen LogP contribution in [0.25, 0.3) is 0 Å². The van der Waals surface area contributed by atoms with Crippen LogP contribution < -0.4 is 5.32 Å². The standard InChI is InChI=1S/C9H15NO3/c1-5(2)3-6-4-10-8(11)7(6)9(12)13/h5-7H,3-4H2,1-2H3,(H,10,11)(H,12,13)/t6-,7-/m0/s1. The smallest absolute Gasteiger partial charge is 0.316 e. The highest BCUT2D eigenvalue weighted by Crippen LogP contribution is 2.24. The molecule has 1 fully saturated rings. The van der Waals surface area contributed by atoms with Gasteiger partial charge in [0.05, 0.1) is 0 Å². The number of rotatable bonds is 3. The molecule has 0 aliphatic carbocycles. The third-order valence-electron chi connectivity index (χ3n) is 2.33. The van der Waals surface area contributed by atoms with Gasteiger partial charge in [0.1, 0.15) is 5.92 Å². The van der Waals surface area contributed by atoms with E-state index in [1.165, 1.54) is 0 Å². The van der Waals surface area contributed by atoms with Crippen molar-refractivity contribution in [3.8, 4) is 0 Å². The SMILES string of the molecule is CC(C)C[C@H]1CNC(=O)[C@H]1C(=O)O. The Balaban J connectivity index is 2.64. The zero-order valence-electron chi connectivity index (χ0n) is 7.91. The van der Waals surface area contributed by atoms with Crippen LogP contribution in [0.2, 0.25) is 0 Å². The number of carbonyl (C=O) groups is 2. The lowest BCUT2D eigenvalue weighted by molar-refractivity contribution is -0.146. The molecule has 0 aromatic carbocycles. The van der Waals surface area contributed by atoms with E-state index >= 15 is 0 Å². The molecule has 13 heavy (non-hydrogen) atoms. The summed E-state index contributed by atoms with van der Waals surface area (Å²) in [6, 6.07) is 0. The molecule has 0 aromatic rings. The van der Waals surface area contributed by atoms with Gasteiger partial charge in [-0.05, 0) is 18.3 Å². The van der Waals surface area contributed by atoms with Crippen molar-refractivity contribution in [1.82, 2.24) is 5.32 Å². The molecule has 4 nitrogen and oxygen atoms in total. The largest absolute Gasteiger partial charge is 0.481 e. The number of aliphatic carboxylic acids is 1. The lowest BCUT2D eigenvalue weighted by Crippen LogP contribution is -2.27. The first kappa shape index (κ1) is 10.0. The summed E-state index contributed by atoms with van der Waals surface area (Å²) in [6.45, 7) is 4.57. The lowest BCUT2D eigenvalue weighted by Gasteiger charge is -2.14. The summed E-state index contributed by atoms with van der Waals surface area (Å²) in [4.78, 5) is 21.9. The second-order valence-corrected chi connectivity index (χ2v) is 3.95. The predicted molar refractivity (Wildman–Crippen MR) is 47.1 cm³/mol. The van der Waals surface area contributed by atoms with Crippen molar-refractivity contribution in [3.63, 3.8) is 0 Å². The van der Waals surface area contributed by atoms with Gasteiger partial charge in [0, 0.05) is 6.54 Å². The number of carbonyl (C=O) groups excluding carboxylic acids is 1. The van der Waals surface area contributed by atoms with Crippen molar-refractivity contribution in [2.45, 2.75) is 20.3 Å². The predicted octanol–water partition coefficient (Wildman–Crippen LogP) is 0.479. The van der Waals surface area contributed by atoms with E-state index in [0.717, 1.165) is 6.42 Å². The fourth-order valence-corrected chi connectivity index (χ4v) is 1.81. The van der Waals surface area contributed by atoms with Crippen molar-refractivity contribution in [2.75, 3.05) is 6.54 Å². The minimum absolute atomic E-state index is 0.0370. The fraction of sp³-hybridized carbons (Fsp3) is 0.778. The minimum atomic E-state index is -0.999. The van der Waals surface area contributed by atoms with Crippen LogP contribution in [0, 0.1) is 17.8 Å². The molecule has 4 heteroatoms. The normalized spacial score (nSPS) is 27.8. The van der Waals surface area contributed by atoms with E-state index < -0.39 is 11.9 Å². The number of nitrogens with one attached hydrogen (secondary N) is 1. The van der Waals surface area contributed by atoms with Crippen molar-refractivity contribution < 1.29 is 14.7 Å². The molecule has 0 aromatic heterocycles. The summed E-state index contributed by atoms with van der Waals surface area (Å²) in [6.07, 6.45) is 0.787. The Morgan fingerprint density at radius 2 is 2.31 bits per heavy atom. The second-order valence-electron chi connectivity index (χ2n) is 3.95. The van der Waals surface area contributed by atoms with Crippen LogP contribution >= 0.6 is 0 Å². The number of carboxylic acid groups (broad SMARTS) is 1. The van der Waals surface area contributed by atoms with Crippen LogP contribution in [0.15, 0.2) is 0 Å². The monoisotopic (exact) mass is 185 g/mol. The first-order valence-electron chi connectivity index (χ1n) is 4.53. The fourth-order valence-electron chi connectivity index (χ4n) is 1.81. The zero-order chi connectivity index (χ0) is 10.0. The van der Waals surface area contributed by atoms with Crippen LogP contribution in [0.5, 0.6) is 0 Å². The molecular formula is C9H15NO3. The third kappa shape index (κ3) is 2.20. The maximum atomic E-state index is 11.1. The first-order chi connectivity index (χ1) is 6.02. The third-order valence-corrected chi connectivity index (χ3v) is 2.33. The zero-order valence-corrected chi connectivity index (χ0v) is 7.91. The Morgan fingerprint density at radius 3 is 2.77 bits per heavy atom. The quantitative estimate of drug-likeness (QED) is 0.628. The molecule has 1 amide bonds. The van der Waals surface area contributed by atoms with Gasteiger partial charge in [-0.3, -0.25) is 9.59 Å². The van der Waals surface area contributed by atoms with Crippen LogP contribution in [-0.4, -0.2) is 23.5 Å². The molecule has 2 atom stereocenters. The van der Waals surface area contributed by atoms with E-state index in [1.807, 2.05) is 13.8 Å². The van der Waals surface area contributed by atoms with Crippen molar-refractivity contribution in [1.29, 1.82) is 0 Å². The topological polar surface area (TPSA) is 66.4 Å². The van der Waals surface area contributed by atoms with Gasteiger partial charge in [0.15, 0.2) is 0 Å². The number of amides is 1. The van der Waals surface area contributed by atoms with Crippen molar-refractivity contribution >= 4 is 11.9 Å². The van der Waals surface area contributed by atoms with Crippen LogP contribution in [-0.2, 0) is 9.59 Å². The molecule has 0 spiro atoms. The molecule has 1 rings (SSSR count). The Morgan fingerprint density at radius 1 is 1.69 bits per heavy atom. The molecule has 0 radical (unpaired) electrons. The molecule has 2 N–H and O–H groups in total. The summed E-state index contributed by atoms with van der Waals surface area (Å²) < 4.78 is 0. The average Bonchev–Trinajstić information content (AvgIpc) is 2.30. The average molecular weight is 185 g/mol. The summed E-state index contributed by atoms with van der Waals surface area (Å²) in [7, 11) is 0. The molecule has 74 valence electrons. The molecular weight excluding hydrogens is 170 g/mol. The van der Waals surface area contributed by atoms with Gasteiger partial charge in [-0.2, -0.15) is 0 Å². The van der Waals surface area contributed by atoms with Gasteiger partial charge in [0.2, 0.25) is 5.91 Å². The molecule has 0 saturated carbocycles. The Bertz CT molecular complexity index is 225. The second kappa shape index (κ2) is 3.77. The maximum absolute atomic E-state index is 11.1. The van der Waals surface area contributed by atoms with Gasteiger partial charge >= 0.3 is 5.97 Å². The highest BCUT2D eigenvalue weighted by molar-refractivity contribution is 5.98. The first-order valence-corrected chi connectivity index (χ1v) is 4.53. The van der Waals surface area contributed by atoms with E-state index in [1.54, 1.807) is 0 Å². The Kier molecular flexibility index (Phi) is 2.90. The van der Waals surface area contributed by atoms with Gasteiger partial charge in [-0.15, -0.1) is 0 Å². The highest BCUT2D eigenvalue weighted by Gasteiger charge is 2.40. The molecule has 1 aliphatic heterocycles. The summed E-state index contributed by atoms with van der Waals surface area (Å²) >= 11 is 0. The summed E-state index contributed by atoms with van der Waals surface area (Å²) in [5.41, 5.74) is 0. The molecule has 1 aliphatic rings. The Hall–Kier alpha value is -1.06. The van der Waals surface area contributed by atoms with Gasteiger partial charge in [0.25, 0.3) is 0 Å². The van der Waals surface area contributed by atoms with E-state index in [9.17, 15) is 9.59 Å². The molecule has 0 unspecified atom stereocenters. The minimum Gasteiger partial charge on any atom is -0.481 e. The van der Waals surface area contributed by atoms with Crippen molar-refractivity contribution in [3.05, 3.63) is 0 Å². The van der Waals surface area contributed by atoms with Crippen LogP contribution in [0.1, 0.15) is 20.3 Å². The summed E-state index contributed by atoms with van der Waals surface area (Å²) in [5.74, 6) is -1.77. The number of carboxylic acids is 1. The van der Waals surface area contributed by atoms with Crippen molar-refractivity contribution in [2.24, 2.45) is 17.8 Å². The van der Waals surface area contributed by atoms with Crippen LogP contribution in [0.3, 0.4) is 0 Å². The summed E-state index contributed by atoms with van der Waals surface area (Å²) in [5, 5.41) is 11.4. The van der Waals surface area contributed by atoms with E-state index in [-0.39, 0.29) is 11.8 Å². The number of hydrogen-bond donors (Lipinski definition) is 2. The maximum Gasteiger partial charge on any atom is 0.316 e. The van der Waals surface area contributed by atoms with Gasteiger partial charge in [-0.25, -0.2) is 0 Å². The lowest BCUT2D eigenvalue weighted by atomic mass is 9.88. The molecule has 0 bridgehead atoms. The van der Waals surface area contributed by atoms with E-state index in [4.69, 9.17) is 5.11 Å². The van der Waals surface area contributed by atoms with Crippen LogP contribution in [0.4, 0.5) is 0 Å². The van der Waals surface area contributed by atoms with E-state index in [2.05, 4.69) is 5.32 Å². The molecule has 1 saturated heterocycles. The van der Waals surface area contributed by atoms with Gasteiger partial charge in [-0.1, -0.05) is 13.8 Å². The Labute approximate surface area is 77.3 Å². The van der Waals surface area contributed by atoms with Gasteiger partial charge < -0.3 is 10.4 Å². The number of hydrogen-bond acceptors (Lipinski definition) is 2.